The van der Waals surface area contributed by atoms with Crippen LogP contribution in [0, 0.1) is 12.7 Å². The number of halogens is 2. The topological polar surface area (TPSA) is 78.8 Å². The van der Waals surface area contributed by atoms with E-state index in [1.807, 2.05) is 31.2 Å². The van der Waals surface area contributed by atoms with Crippen molar-refractivity contribution in [3.8, 4) is 0 Å². The van der Waals surface area contributed by atoms with E-state index >= 15 is 0 Å². The van der Waals surface area contributed by atoms with Gasteiger partial charge in [-0.05, 0) is 55.8 Å². The van der Waals surface area contributed by atoms with Crippen molar-refractivity contribution >= 4 is 43.3 Å². The summed E-state index contributed by atoms with van der Waals surface area (Å²) in [7, 11) is -4.21. The Balaban J connectivity index is 1.88. The number of rotatable bonds is 7. The number of sulfonamides is 1. The van der Waals surface area contributed by atoms with Crippen LogP contribution in [-0.2, 0) is 14.8 Å². The maximum atomic E-state index is 14.5. The smallest absolute Gasteiger partial charge is 0.264 e. The number of amides is 1. The molecule has 0 aliphatic heterocycles. The number of hydrogen-bond donors (Lipinski definition) is 1. The maximum absolute atomic E-state index is 14.5. The third-order valence-electron chi connectivity index (χ3n) is 4.63. The second-order valence-corrected chi connectivity index (χ2v) is 9.79. The summed E-state index contributed by atoms with van der Waals surface area (Å²) < 4.78 is 42.7. The van der Waals surface area contributed by atoms with Crippen LogP contribution < -0.4 is 9.73 Å². The predicted octanol–water partition coefficient (Wildman–Crippen LogP) is 4.63. The number of carbonyl (C=O) groups excluding carboxylic acids is 1. The minimum absolute atomic E-state index is 0.0475. The first-order valence-corrected chi connectivity index (χ1v) is 11.8. The molecule has 0 fully saturated rings. The fraction of sp³-hybridized carbons (Fsp3) is 0.130. The number of anilines is 1. The molecule has 0 aliphatic carbocycles. The van der Waals surface area contributed by atoms with Gasteiger partial charge in [0.1, 0.15) is 12.4 Å². The van der Waals surface area contributed by atoms with E-state index in [9.17, 15) is 17.6 Å². The summed E-state index contributed by atoms with van der Waals surface area (Å²) >= 11 is 3.35. The monoisotopic (exact) mass is 517 g/mol. The van der Waals surface area contributed by atoms with Gasteiger partial charge in [-0.15, -0.1) is 0 Å². The van der Waals surface area contributed by atoms with Crippen LogP contribution in [0.2, 0.25) is 0 Å². The van der Waals surface area contributed by atoms with E-state index in [1.165, 1.54) is 30.3 Å². The Kier molecular flexibility index (Phi) is 7.42. The molecule has 0 aromatic heterocycles. The number of hydrazone groups is 1. The van der Waals surface area contributed by atoms with Crippen LogP contribution in [0.1, 0.15) is 18.1 Å². The molecule has 3 rings (SSSR count). The highest BCUT2D eigenvalue weighted by Crippen LogP contribution is 2.26. The normalized spacial score (nSPS) is 11.8. The zero-order chi connectivity index (χ0) is 23.3. The summed E-state index contributed by atoms with van der Waals surface area (Å²) in [6.07, 6.45) is 0. The van der Waals surface area contributed by atoms with Crippen molar-refractivity contribution < 1.29 is 17.6 Å². The van der Waals surface area contributed by atoms with E-state index in [2.05, 4.69) is 26.5 Å². The van der Waals surface area contributed by atoms with Gasteiger partial charge in [-0.1, -0.05) is 57.9 Å². The number of nitrogens with zero attached hydrogens (tertiary/aromatic N) is 2. The van der Waals surface area contributed by atoms with Crippen molar-refractivity contribution in [2.45, 2.75) is 18.7 Å². The second kappa shape index (κ2) is 10.1. The fourth-order valence-corrected chi connectivity index (χ4v) is 4.55. The molecule has 1 N–H and O–H groups in total. The molecule has 0 bridgehead atoms. The van der Waals surface area contributed by atoms with E-state index in [0.717, 1.165) is 26.0 Å². The average molecular weight is 518 g/mol. The van der Waals surface area contributed by atoms with Crippen LogP contribution in [0.25, 0.3) is 0 Å². The predicted molar refractivity (Wildman–Crippen MR) is 127 cm³/mol. The molecule has 0 unspecified atom stereocenters. The molecule has 166 valence electrons. The molecule has 6 nitrogen and oxygen atoms in total. The summed E-state index contributed by atoms with van der Waals surface area (Å²) in [4.78, 5) is 12.6. The van der Waals surface area contributed by atoms with Gasteiger partial charge in [-0.3, -0.25) is 9.10 Å². The number of aryl methyl sites for hydroxylation is 1. The largest absolute Gasteiger partial charge is 0.271 e. The zero-order valence-corrected chi connectivity index (χ0v) is 19.8. The lowest BCUT2D eigenvalue weighted by Gasteiger charge is -2.24. The number of para-hydroxylation sites is 1. The molecule has 3 aromatic carbocycles. The third kappa shape index (κ3) is 5.60. The van der Waals surface area contributed by atoms with Gasteiger partial charge in [-0.2, -0.15) is 5.10 Å². The Bertz CT molecular complexity index is 1240. The Morgan fingerprint density at radius 3 is 2.28 bits per heavy atom. The summed E-state index contributed by atoms with van der Waals surface area (Å²) in [5.74, 6) is -1.47. The molecule has 9 heteroatoms. The summed E-state index contributed by atoms with van der Waals surface area (Å²) in [5, 5.41) is 4.05. The lowest BCUT2D eigenvalue weighted by molar-refractivity contribution is -0.119. The molecule has 0 saturated heterocycles. The quantitative estimate of drug-likeness (QED) is 0.366. The Labute approximate surface area is 195 Å². The molecule has 3 aromatic rings. The zero-order valence-electron chi connectivity index (χ0n) is 17.4. The van der Waals surface area contributed by atoms with Gasteiger partial charge in [-0.25, -0.2) is 18.2 Å². The third-order valence-corrected chi connectivity index (χ3v) is 6.93. The lowest BCUT2D eigenvalue weighted by atomic mass is 10.1. The summed E-state index contributed by atoms with van der Waals surface area (Å²) in [6, 6.07) is 18.8. The van der Waals surface area contributed by atoms with Crippen LogP contribution >= 0.6 is 15.9 Å². The van der Waals surface area contributed by atoms with Crippen molar-refractivity contribution in [2.24, 2.45) is 5.10 Å². The SMILES string of the molecule is C/C(=N/NC(=O)CN(c1ccccc1F)S(=O)(=O)c1ccc(C)cc1)c1ccc(Br)cc1. The molecule has 0 saturated carbocycles. The Hall–Kier alpha value is -3.04. The van der Waals surface area contributed by atoms with Gasteiger partial charge in [0.2, 0.25) is 0 Å². The minimum atomic E-state index is -4.21. The standard InChI is InChI=1S/C23H21BrFN3O3S/c1-16-7-13-20(14-8-16)32(30,31)28(22-6-4-3-5-21(22)25)15-23(29)27-26-17(2)18-9-11-19(24)12-10-18/h3-14H,15H2,1-2H3,(H,27,29)/b26-17-. The van der Waals surface area contributed by atoms with Gasteiger partial charge in [0.05, 0.1) is 16.3 Å². The first kappa shape index (κ1) is 23.6. The molecule has 1 amide bonds. The van der Waals surface area contributed by atoms with Gasteiger partial charge >= 0.3 is 0 Å². The molecule has 0 spiro atoms. The number of benzene rings is 3. The summed E-state index contributed by atoms with van der Waals surface area (Å²) in [6.45, 7) is 2.89. The molecular formula is C23H21BrFN3O3S. The second-order valence-electron chi connectivity index (χ2n) is 7.02. The van der Waals surface area contributed by atoms with Gasteiger partial charge in [0, 0.05) is 4.47 Å². The van der Waals surface area contributed by atoms with E-state index in [-0.39, 0.29) is 10.6 Å². The highest BCUT2D eigenvalue weighted by atomic mass is 79.9. The highest BCUT2D eigenvalue weighted by molar-refractivity contribution is 9.10. The number of hydrogen-bond acceptors (Lipinski definition) is 4. The molecule has 0 atom stereocenters. The first-order valence-electron chi connectivity index (χ1n) is 9.61. The molecule has 0 radical (unpaired) electrons. The van der Waals surface area contributed by atoms with Crippen LogP contribution in [0.15, 0.2) is 87.3 Å². The van der Waals surface area contributed by atoms with E-state index in [4.69, 9.17) is 0 Å². The molecular weight excluding hydrogens is 497 g/mol. The number of nitrogens with one attached hydrogen (secondary N) is 1. The van der Waals surface area contributed by atoms with Crippen LogP contribution in [-0.4, -0.2) is 26.6 Å². The van der Waals surface area contributed by atoms with Gasteiger partial charge in [0.25, 0.3) is 15.9 Å². The van der Waals surface area contributed by atoms with Crippen molar-refractivity contribution in [2.75, 3.05) is 10.8 Å². The lowest BCUT2D eigenvalue weighted by Crippen LogP contribution is -2.40. The van der Waals surface area contributed by atoms with E-state index < -0.39 is 28.3 Å². The van der Waals surface area contributed by atoms with Crippen LogP contribution in [0.5, 0.6) is 0 Å². The maximum Gasteiger partial charge on any atom is 0.264 e. The summed E-state index contributed by atoms with van der Waals surface area (Å²) in [5.41, 5.74) is 4.32. The van der Waals surface area contributed by atoms with Crippen molar-refractivity contribution in [1.29, 1.82) is 0 Å². The van der Waals surface area contributed by atoms with E-state index in [0.29, 0.717) is 5.71 Å². The molecule has 0 heterocycles. The molecule has 0 aliphatic rings. The van der Waals surface area contributed by atoms with Gasteiger partial charge in [0.15, 0.2) is 0 Å². The Morgan fingerprint density at radius 1 is 1.03 bits per heavy atom. The van der Waals surface area contributed by atoms with Crippen molar-refractivity contribution in [3.05, 3.63) is 94.2 Å². The van der Waals surface area contributed by atoms with Crippen LogP contribution in [0.4, 0.5) is 10.1 Å². The van der Waals surface area contributed by atoms with Crippen LogP contribution in [0.3, 0.4) is 0 Å². The number of carbonyl (C=O) groups is 1. The highest BCUT2D eigenvalue weighted by Gasteiger charge is 2.29. The van der Waals surface area contributed by atoms with Crippen molar-refractivity contribution in [1.82, 2.24) is 5.43 Å². The fourth-order valence-electron chi connectivity index (χ4n) is 2.86. The van der Waals surface area contributed by atoms with Gasteiger partial charge < -0.3 is 0 Å². The van der Waals surface area contributed by atoms with E-state index in [1.54, 1.807) is 19.1 Å². The Morgan fingerprint density at radius 2 is 1.66 bits per heavy atom. The van der Waals surface area contributed by atoms with Crippen molar-refractivity contribution in [3.63, 3.8) is 0 Å². The first-order chi connectivity index (χ1) is 15.2. The minimum Gasteiger partial charge on any atom is -0.271 e. The molecule has 32 heavy (non-hydrogen) atoms. The average Bonchev–Trinajstić information content (AvgIpc) is 2.77.